The van der Waals surface area contributed by atoms with Crippen LogP contribution in [0.15, 0.2) is 4.99 Å². The summed E-state index contributed by atoms with van der Waals surface area (Å²) in [6.07, 6.45) is 0.964. The Balaban J connectivity index is 4.51. The zero-order valence-corrected chi connectivity index (χ0v) is 9.14. The van der Waals surface area contributed by atoms with Crippen molar-refractivity contribution in [2.24, 2.45) is 4.99 Å². The van der Waals surface area contributed by atoms with Gasteiger partial charge in [0.2, 0.25) is 0 Å². The van der Waals surface area contributed by atoms with E-state index in [9.17, 15) is 0 Å². The van der Waals surface area contributed by atoms with Crippen LogP contribution in [-0.4, -0.2) is 24.5 Å². The van der Waals surface area contributed by atoms with Crippen molar-refractivity contribution in [2.75, 3.05) is 7.11 Å². The minimum Gasteiger partial charge on any atom is -0.373 e. The summed E-state index contributed by atoms with van der Waals surface area (Å²) in [5.74, 6) is 0. The Morgan fingerprint density at radius 1 is 1.50 bits per heavy atom. The summed E-state index contributed by atoms with van der Waals surface area (Å²) in [5.41, 5.74) is 0.909. The van der Waals surface area contributed by atoms with Crippen molar-refractivity contribution in [1.29, 1.82) is 0 Å². The molecular weight excluding hydrogens is 150 g/mol. The van der Waals surface area contributed by atoms with Gasteiger partial charge < -0.3 is 4.74 Å². The van der Waals surface area contributed by atoms with Crippen LogP contribution in [0.3, 0.4) is 0 Å². The van der Waals surface area contributed by atoms with E-state index in [4.69, 9.17) is 4.74 Å². The number of nitrogens with zero attached hydrogens (tertiary/aromatic N) is 1. The first-order chi connectivity index (χ1) is 5.46. The molecule has 1 atom stereocenters. The number of rotatable bonds is 4. The molecule has 0 saturated heterocycles. The van der Waals surface area contributed by atoms with Crippen LogP contribution < -0.4 is 0 Å². The summed E-state index contributed by atoms with van der Waals surface area (Å²) in [6, 6.07) is 0.353. The number of hydrogen-bond donors (Lipinski definition) is 0. The number of ether oxygens (including phenoxy) is 1. The third-order valence-corrected chi connectivity index (χ3v) is 2.34. The predicted octanol–water partition coefficient (Wildman–Crippen LogP) is 2.67. The van der Waals surface area contributed by atoms with Gasteiger partial charge in [-0.25, -0.2) is 0 Å². The summed E-state index contributed by atoms with van der Waals surface area (Å²) < 4.78 is 5.42. The first kappa shape index (κ1) is 11.6. The molecule has 0 aromatic rings. The number of aliphatic imine (C=N–C) groups is 1. The van der Waals surface area contributed by atoms with Crippen molar-refractivity contribution >= 4 is 5.71 Å². The highest BCUT2D eigenvalue weighted by Gasteiger charge is 2.24. The minimum absolute atomic E-state index is 0.176. The van der Waals surface area contributed by atoms with Gasteiger partial charge in [0.15, 0.2) is 0 Å². The molecule has 0 aliphatic carbocycles. The molecule has 72 valence electrons. The van der Waals surface area contributed by atoms with Gasteiger partial charge >= 0.3 is 0 Å². The molecule has 12 heavy (non-hydrogen) atoms. The molecule has 0 aliphatic heterocycles. The Kier molecular flexibility index (Phi) is 4.46. The van der Waals surface area contributed by atoms with Gasteiger partial charge in [0, 0.05) is 18.9 Å². The molecule has 0 heterocycles. The quantitative estimate of drug-likeness (QED) is 0.596. The highest BCUT2D eigenvalue weighted by atomic mass is 16.5. The maximum absolute atomic E-state index is 5.42. The van der Waals surface area contributed by atoms with E-state index < -0.39 is 0 Å². The second-order valence-corrected chi connectivity index (χ2v) is 3.60. The summed E-state index contributed by atoms with van der Waals surface area (Å²) in [6.45, 7) is 10.4. The van der Waals surface area contributed by atoms with E-state index in [1.165, 1.54) is 0 Å². The molecule has 0 N–H and O–H groups in total. The van der Waals surface area contributed by atoms with E-state index in [2.05, 4.69) is 32.7 Å². The molecule has 0 fully saturated rings. The van der Waals surface area contributed by atoms with Gasteiger partial charge in [0.25, 0.3) is 0 Å². The first-order valence-corrected chi connectivity index (χ1v) is 4.56. The molecule has 0 bridgehead atoms. The van der Waals surface area contributed by atoms with Gasteiger partial charge in [-0.15, -0.1) is 0 Å². The predicted molar refractivity (Wildman–Crippen MR) is 54.0 cm³/mol. The zero-order chi connectivity index (χ0) is 9.78. The van der Waals surface area contributed by atoms with E-state index in [1.807, 2.05) is 6.92 Å². The van der Waals surface area contributed by atoms with E-state index in [0.29, 0.717) is 6.04 Å². The lowest BCUT2D eigenvalue weighted by Crippen LogP contribution is -2.35. The van der Waals surface area contributed by atoms with Crippen LogP contribution in [-0.2, 0) is 4.74 Å². The molecule has 0 saturated carbocycles. The minimum atomic E-state index is -0.176. The fraction of sp³-hybridized carbons (Fsp3) is 0.900. The normalized spacial score (nSPS) is 18.1. The molecule has 0 aliphatic rings. The smallest absolute Gasteiger partial charge is 0.102 e. The molecule has 1 unspecified atom stereocenters. The van der Waals surface area contributed by atoms with Gasteiger partial charge in [-0.1, -0.05) is 6.92 Å². The van der Waals surface area contributed by atoms with Crippen LogP contribution in [0.4, 0.5) is 0 Å². The monoisotopic (exact) mass is 171 g/mol. The van der Waals surface area contributed by atoms with Crippen molar-refractivity contribution < 1.29 is 4.74 Å². The van der Waals surface area contributed by atoms with E-state index in [-0.39, 0.29) is 5.60 Å². The fourth-order valence-electron chi connectivity index (χ4n) is 1.07. The zero-order valence-electron chi connectivity index (χ0n) is 9.14. The molecule has 0 spiro atoms. The topological polar surface area (TPSA) is 21.6 Å². The SMILES string of the molecule is CCC(C)(OC)C(C)=NC(C)C. The van der Waals surface area contributed by atoms with Gasteiger partial charge in [-0.05, 0) is 34.1 Å². The van der Waals surface area contributed by atoms with Crippen molar-refractivity contribution in [2.45, 2.75) is 52.7 Å². The Bertz CT molecular complexity index is 157. The maximum atomic E-state index is 5.42. The van der Waals surface area contributed by atoms with E-state index >= 15 is 0 Å². The highest BCUT2D eigenvalue weighted by molar-refractivity contribution is 5.90. The van der Waals surface area contributed by atoms with Gasteiger partial charge in [-0.3, -0.25) is 4.99 Å². The Labute approximate surface area is 76.0 Å². The van der Waals surface area contributed by atoms with Crippen LogP contribution in [0.5, 0.6) is 0 Å². The molecule has 0 aromatic heterocycles. The largest absolute Gasteiger partial charge is 0.373 e. The second-order valence-electron chi connectivity index (χ2n) is 3.60. The maximum Gasteiger partial charge on any atom is 0.102 e. The van der Waals surface area contributed by atoms with Crippen LogP contribution in [0.1, 0.15) is 41.0 Å². The lowest BCUT2D eigenvalue weighted by molar-refractivity contribution is 0.0622. The van der Waals surface area contributed by atoms with Gasteiger partial charge in [0.05, 0.1) is 0 Å². The van der Waals surface area contributed by atoms with Crippen molar-refractivity contribution in [3.8, 4) is 0 Å². The first-order valence-electron chi connectivity index (χ1n) is 4.56. The third kappa shape index (κ3) is 2.94. The molecule has 0 radical (unpaired) electrons. The second kappa shape index (κ2) is 4.61. The van der Waals surface area contributed by atoms with Crippen molar-refractivity contribution in [1.82, 2.24) is 0 Å². The van der Waals surface area contributed by atoms with Crippen LogP contribution in [0.25, 0.3) is 0 Å². The average molecular weight is 171 g/mol. The molecular formula is C10H21NO. The van der Waals surface area contributed by atoms with Crippen molar-refractivity contribution in [3.05, 3.63) is 0 Å². The van der Waals surface area contributed by atoms with Crippen LogP contribution in [0.2, 0.25) is 0 Å². The van der Waals surface area contributed by atoms with Gasteiger partial charge in [-0.2, -0.15) is 0 Å². The summed E-state index contributed by atoms with van der Waals surface area (Å²) in [7, 11) is 1.74. The van der Waals surface area contributed by atoms with Gasteiger partial charge in [0.1, 0.15) is 5.60 Å². The van der Waals surface area contributed by atoms with Crippen molar-refractivity contribution in [3.63, 3.8) is 0 Å². The molecule has 0 rings (SSSR count). The number of hydrogen-bond acceptors (Lipinski definition) is 2. The van der Waals surface area contributed by atoms with Crippen LogP contribution in [0, 0.1) is 0 Å². The molecule has 2 nitrogen and oxygen atoms in total. The average Bonchev–Trinajstić information content (AvgIpc) is 2.02. The highest BCUT2D eigenvalue weighted by Crippen LogP contribution is 2.16. The Morgan fingerprint density at radius 3 is 2.25 bits per heavy atom. The standard InChI is InChI=1S/C10H21NO/c1-7-10(5,12-6)9(4)11-8(2)3/h8H,7H2,1-6H3. The fourth-order valence-corrected chi connectivity index (χ4v) is 1.07. The third-order valence-electron chi connectivity index (χ3n) is 2.34. The molecule has 2 heteroatoms. The van der Waals surface area contributed by atoms with Crippen LogP contribution >= 0.6 is 0 Å². The number of methoxy groups -OCH3 is 1. The summed E-state index contributed by atoms with van der Waals surface area (Å²) in [5, 5.41) is 0. The molecule has 0 amide bonds. The Hall–Kier alpha value is -0.370. The summed E-state index contributed by atoms with van der Waals surface area (Å²) in [4.78, 5) is 4.48. The van der Waals surface area contributed by atoms with E-state index in [0.717, 1.165) is 12.1 Å². The lowest BCUT2D eigenvalue weighted by Gasteiger charge is -2.27. The lowest BCUT2D eigenvalue weighted by atomic mass is 9.97. The summed E-state index contributed by atoms with van der Waals surface area (Å²) >= 11 is 0. The van der Waals surface area contributed by atoms with E-state index in [1.54, 1.807) is 7.11 Å². The Morgan fingerprint density at radius 2 is 2.00 bits per heavy atom. The molecule has 0 aromatic carbocycles.